The topological polar surface area (TPSA) is 43.4 Å². The molecule has 21 heavy (non-hydrogen) atoms. The summed E-state index contributed by atoms with van der Waals surface area (Å²) in [4.78, 5) is 23.7. The van der Waals surface area contributed by atoms with Crippen molar-refractivity contribution in [1.82, 2.24) is 0 Å². The van der Waals surface area contributed by atoms with Crippen LogP contribution in [0.2, 0.25) is 0 Å². The summed E-state index contributed by atoms with van der Waals surface area (Å²) in [6.45, 7) is 3.37. The fourth-order valence-corrected chi connectivity index (χ4v) is 1.95. The van der Waals surface area contributed by atoms with Crippen LogP contribution < -0.4 is 0 Å². The van der Waals surface area contributed by atoms with Gasteiger partial charge in [0.2, 0.25) is 0 Å². The van der Waals surface area contributed by atoms with E-state index in [0.717, 1.165) is 10.0 Å². The molecule has 0 aliphatic carbocycles. The number of esters is 1. The number of ketones is 1. The van der Waals surface area contributed by atoms with Gasteiger partial charge in [0.15, 0.2) is 12.4 Å². The molecule has 2 aromatic rings. The summed E-state index contributed by atoms with van der Waals surface area (Å²) in [5, 5.41) is 0. The molecule has 0 saturated heterocycles. The minimum Gasteiger partial charge on any atom is -0.454 e. The zero-order chi connectivity index (χ0) is 15.2. The van der Waals surface area contributed by atoms with Crippen LogP contribution in [-0.2, 0) is 4.74 Å². The minimum absolute atomic E-state index is 0.237. The molecule has 0 atom stereocenters. The Morgan fingerprint density at radius 1 is 1.00 bits per heavy atom. The highest BCUT2D eigenvalue weighted by Crippen LogP contribution is 2.12. The average molecular weight is 345 g/mol. The van der Waals surface area contributed by atoms with E-state index in [-0.39, 0.29) is 12.4 Å². The van der Waals surface area contributed by atoms with E-state index in [1.54, 1.807) is 54.6 Å². The first-order chi connectivity index (χ1) is 10.1. The van der Waals surface area contributed by atoms with E-state index in [0.29, 0.717) is 11.1 Å². The molecule has 0 heterocycles. The number of benzene rings is 2. The predicted octanol–water partition coefficient (Wildman–Crippen LogP) is 4.13. The van der Waals surface area contributed by atoms with Crippen molar-refractivity contribution in [2.75, 3.05) is 6.61 Å². The van der Waals surface area contributed by atoms with Crippen LogP contribution in [0, 0.1) is 0 Å². The second-order valence-corrected chi connectivity index (χ2v) is 5.25. The summed E-state index contributed by atoms with van der Waals surface area (Å²) >= 11 is 3.30. The molecular formula is C17H13BrO3. The van der Waals surface area contributed by atoms with Crippen LogP contribution in [0.1, 0.15) is 26.3 Å². The lowest BCUT2D eigenvalue weighted by molar-refractivity contribution is 0.0475. The van der Waals surface area contributed by atoms with E-state index in [1.165, 1.54) is 0 Å². The summed E-state index contributed by atoms with van der Waals surface area (Å²) in [5.74, 6) is -0.755. The number of Topliss-reactive ketones (excluding diaryl/α,β-unsaturated/α-hetero) is 1. The van der Waals surface area contributed by atoms with E-state index in [4.69, 9.17) is 4.74 Å². The van der Waals surface area contributed by atoms with Crippen LogP contribution in [0.4, 0.5) is 0 Å². The number of ether oxygens (including phenoxy) is 1. The molecule has 2 rings (SSSR count). The van der Waals surface area contributed by atoms with Crippen molar-refractivity contribution >= 4 is 33.8 Å². The van der Waals surface area contributed by atoms with Gasteiger partial charge < -0.3 is 4.74 Å². The first-order valence-electron chi connectivity index (χ1n) is 6.28. The van der Waals surface area contributed by atoms with E-state index in [1.807, 2.05) is 0 Å². The van der Waals surface area contributed by atoms with Gasteiger partial charge in [-0.25, -0.2) is 4.79 Å². The van der Waals surface area contributed by atoms with Gasteiger partial charge in [0, 0.05) is 10.0 Å². The number of carbonyl (C=O) groups is 2. The van der Waals surface area contributed by atoms with Gasteiger partial charge in [0.1, 0.15) is 0 Å². The molecule has 0 aliphatic rings. The SMILES string of the molecule is C=Cc1ccc(C(=O)OCC(=O)c2ccc(Br)cc2)cc1. The van der Waals surface area contributed by atoms with Crippen LogP contribution in [0.15, 0.2) is 59.6 Å². The summed E-state index contributed by atoms with van der Waals surface area (Å²) < 4.78 is 5.91. The highest BCUT2D eigenvalue weighted by Gasteiger charge is 2.11. The number of halogens is 1. The van der Waals surface area contributed by atoms with Crippen molar-refractivity contribution in [3.63, 3.8) is 0 Å². The number of hydrogen-bond acceptors (Lipinski definition) is 3. The van der Waals surface area contributed by atoms with Gasteiger partial charge in [-0.1, -0.05) is 52.9 Å². The van der Waals surface area contributed by atoms with E-state index in [9.17, 15) is 9.59 Å². The molecule has 0 saturated carbocycles. The minimum atomic E-state index is -0.518. The Morgan fingerprint density at radius 3 is 2.14 bits per heavy atom. The third-order valence-corrected chi connectivity index (χ3v) is 3.41. The lowest BCUT2D eigenvalue weighted by atomic mass is 10.1. The number of rotatable bonds is 5. The van der Waals surface area contributed by atoms with Gasteiger partial charge >= 0.3 is 5.97 Å². The van der Waals surface area contributed by atoms with Gasteiger partial charge in [-0.05, 0) is 29.8 Å². The van der Waals surface area contributed by atoms with Crippen LogP contribution >= 0.6 is 15.9 Å². The predicted molar refractivity (Wildman–Crippen MR) is 85.3 cm³/mol. The number of carbonyl (C=O) groups excluding carboxylic acids is 2. The first kappa shape index (κ1) is 15.2. The second-order valence-electron chi connectivity index (χ2n) is 4.33. The molecule has 0 fully saturated rings. The Morgan fingerprint density at radius 2 is 1.57 bits per heavy atom. The van der Waals surface area contributed by atoms with Gasteiger partial charge in [0.05, 0.1) is 5.56 Å². The maximum Gasteiger partial charge on any atom is 0.338 e. The van der Waals surface area contributed by atoms with Crippen LogP contribution in [0.3, 0.4) is 0 Å². The maximum atomic E-state index is 11.9. The number of hydrogen-bond donors (Lipinski definition) is 0. The quantitative estimate of drug-likeness (QED) is 0.604. The Hall–Kier alpha value is -2.20. The van der Waals surface area contributed by atoms with Crippen LogP contribution in [0.25, 0.3) is 6.08 Å². The molecule has 0 unspecified atom stereocenters. The molecule has 0 aliphatic heterocycles. The van der Waals surface area contributed by atoms with Gasteiger partial charge in [0.25, 0.3) is 0 Å². The molecule has 2 aromatic carbocycles. The second kappa shape index (κ2) is 6.99. The molecule has 0 radical (unpaired) electrons. The molecule has 3 nitrogen and oxygen atoms in total. The molecule has 0 spiro atoms. The first-order valence-corrected chi connectivity index (χ1v) is 7.08. The van der Waals surface area contributed by atoms with Crippen molar-refractivity contribution in [3.05, 3.63) is 76.3 Å². The standard InChI is InChI=1S/C17H13BrO3/c1-2-12-3-5-14(6-4-12)17(20)21-11-16(19)13-7-9-15(18)10-8-13/h2-10H,1,11H2. The zero-order valence-electron chi connectivity index (χ0n) is 11.2. The lowest BCUT2D eigenvalue weighted by Crippen LogP contribution is -2.14. The Balaban J connectivity index is 1.95. The fraction of sp³-hybridized carbons (Fsp3) is 0.0588. The smallest absolute Gasteiger partial charge is 0.338 e. The molecular weight excluding hydrogens is 332 g/mol. The molecule has 4 heteroatoms. The van der Waals surface area contributed by atoms with E-state index in [2.05, 4.69) is 22.5 Å². The van der Waals surface area contributed by atoms with E-state index < -0.39 is 5.97 Å². The van der Waals surface area contributed by atoms with Gasteiger partial charge in [-0.15, -0.1) is 0 Å². The maximum absolute atomic E-state index is 11.9. The molecule has 0 bridgehead atoms. The summed E-state index contributed by atoms with van der Waals surface area (Å²) in [6, 6.07) is 13.7. The highest BCUT2D eigenvalue weighted by molar-refractivity contribution is 9.10. The summed E-state index contributed by atoms with van der Waals surface area (Å²) in [6.07, 6.45) is 1.69. The van der Waals surface area contributed by atoms with Crippen LogP contribution in [0.5, 0.6) is 0 Å². The summed E-state index contributed by atoms with van der Waals surface area (Å²) in [7, 11) is 0. The summed E-state index contributed by atoms with van der Waals surface area (Å²) in [5.41, 5.74) is 1.83. The third kappa shape index (κ3) is 4.13. The average Bonchev–Trinajstić information content (AvgIpc) is 2.53. The highest BCUT2D eigenvalue weighted by atomic mass is 79.9. The van der Waals surface area contributed by atoms with Crippen molar-refractivity contribution in [2.45, 2.75) is 0 Å². The lowest BCUT2D eigenvalue weighted by Gasteiger charge is -2.05. The monoisotopic (exact) mass is 344 g/mol. The van der Waals surface area contributed by atoms with Gasteiger partial charge in [-0.3, -0.25) is 4.79 Å². The molecule has 106 valence electrons. The van der Waals surface area contributed by atoms with Crippen molar-refractivity contribution < 1.29 is 14.3 Å². The van der Waals surface area contributed by atoms with E-state index >= 15 is 0 Å². The van der Waals surface area contributed by atoms with Crippen molar-refractivity contribution in [3.8, 4) is 0 Å². The van der Waals surface area contributed by atoms with Crippen LogP contribution in [-0.4, -0.2) is 18.4 Å². The van der Waals surface area contributed by atoms with Crippen molar-refractivity contribution in [1.29, 1.82) is 0 Å². The largest absolute Gasteiger partial charge is 0.454 e. The normalized spacial score (nSPS) is 9.95. The fourth-order valence-electron chi connectivity index (χ4n) is 1.69. The third-order valence-electron chi connectivity index (χ3n) is 2.88. The Labute approximate surface area is 131 Å². The molecule has 0 aromatic heterocycles. The Kier molecular flexibility index (Phi) is 5.06. The van der Waals surface area contributed by atoms with Gasteiger partial charge in [-0.2, -0.15) is 0 Å². The Bertz CT molecular complexity index is 657. The molecule has 0 amide bonds. The molecule has 0 N–H and O–H groups in total. The van der Waals surface area contributed by atoms with Crippen molar-refractivity contribution in [2.24, 2.45) is 0 Å². The zero-order valence-corrected chi connectivity index (χ0v) is 12.8.